The molecule has 0 aliphatic carbocycles. The maximum atomic E-state index is 14.3. The molecular weight excluding hydrogens is 467 g/mol. The Morgan fingerprint density at radius 2 is 1.57 bits per heavy atom. The summed E-state index contributed by atoms with van der Waals surface area (Å²) in [5, 5.41) is 0. The Balaban J connectivity index is 1.24. The maximum Gasteiger partial charge on any atom is 0.228 e. The van der Waals surface area contributed by atoms with E-state index in [-0.39, 0.29) is 23.7 Å². The summed E-state index contributed by atoms with van der Waals surface area (Å²) in [4.78, 5) is 22.9. The lowest BCUT2D eigenvalue weighted by Gasteiger charge is -2.50. The zero-order chi connectivity index (χ0) is 25.4. The molecule has 2 unspecified atom stereocenters. The summed E-state index contributed by atoms with van der Waals surface area (Å²) in [5.74, 6) is 0.712. The molecule has 6 nitrogen and oxygen atoms in total. The summed E-state index contributed by atoms with van der Waals surface area (Å²) in [6.45, 7) is 5.04. The number of nitrogens with zero attached hydrogens (tertiary/aromatic N) is 4. The normalized spacial score (nSPS) is 21.4. The molecule has 3 heterocycles. The van der Waals surface area contributed by atoms with Crippen molar-refractivity contribution < 1.29 is 13.9 Å². The Morgan fingerprint density at radius 3 is 2.32 bits per heavy atom. The minimum Gasteiger partial charge on any atom is -0.497 e. The van der Waals surface area contributed by atoms with Gasteiger partial charge in [-0.05, 0) is 42.3 Å². The van der Waals surface area contributed by atoms with Crippen LogP contribution in [0.2, 0.25) is 0 Å². The number of methoxy groups -OCH3 is 1. The van der Waals surface area contributed by atoms with Crippen LogP contribution in [0.25, 0.3) is 0 Å². The third kappa shape index (κ3) is 4.47. The number of piperazine rings is 2. The number of fused-ring (bicyclic) bond motifs is 3. The van der Waals surface area contributed by atoms with Crippen molar-refractivity contribution in [2.45, 2.75) is 12.5 Å². The lowest BCUT2D eigenvalue weighted by Crippen LogP contribution is -2.62. The highest BCUT2D eigenvalue weighted by Gasteiger charge is 2.43. The van der Waals surface area contributed by atoms with Crippen LogP contribution in [0.15, 0.2) is 72.8 Å². The summed E-state index contributed by atoms with van der Waals surface area (Å²) in [6, 6.07) is 23.7. The fourth-order valence-electron chi connectivity index (χ4n) is 6.17. The molecule has 0 radical (unpaired) electrons. The second-order valence-corrected chi connectivity index (χ2v) is 10.1. The molecule has 192 valence electrons. The Hall–Kier alpha value is -3.74. The second kappa shape index (κ2) is 9.96. The molecule has 0 saturated carbocycles. The lowest BCUT2D eigenvalue weighted by atomic mass is 9.82. The summed E-state index contributed by atoms with van der Waals surface area (Å²) in [5.41, 5.74) is 4.20. The number of anilines is 3. The topological polar surface area (TPSA) is 39.3 Å². The quantitative estimate of drug-likeness (QED) is 0.541. The van der Waals surface area contributed by atoms with Gasteiger partial charge < -0.3 is 24.3 Å². The summed E-state index contributed by atoms with van der Waals surface area (Å²) < 4.78 is 19.9. The molecule has 37 heavy (non-hydrogen) atoms. The van der Waals surface area contributed by atoms with Crippen molar-refractivity contribution >= 4 is 23.0 Å². The monoisotopic (exact) mass is 500 g/mol. The van der Waals surface area contributed by atoms with E-state index in [2.05, 4.69) is 46.2 Å². The maximum absolute atomic E-state index is 14.3. The highest BCUT2D eigenvalue weighted by molar-refractivity contribution is 5.83. The smallest absolute Gasteiger partial charge is 0.228 e. The van der Waals surface area contributed by atoms with Gasteiger partial charge in [-0.2, -0.15) is 0 Å². The molecule has 1 amide bonds. The number of halogens is 1. The molecule has 6 rings (SSSR count). The molecule has 2 saturated heterocycles. The largest absolute Gasteiger partial charge is 0.497 e. The highest BCUT2D eigenvalue weighted by atomic mass is 19.1. The molecule has 0 N–H and O–H groups in total. The van der Waals surface area contributed by atoms with Crippen LogP contribution in [0.3, 0.4) is 0 Å². The predicted molar refractivity (Wildman–Crippen MR) is 145 cm³/mol. The van der Waals surface area contributed by atoms with E-state index in [1.807, 2.05) is 34.1 Å². The van der Waals surface area contributed by atoms with Gasteiger partial charge >= 0.3 is 0 Å². The Kier molecular flexibility index (Phi) is 6.37. The van der Waals surface area contributed by atoms with Crippen molar-refractivity contribution in [2.24, 2.45) is 5.92 Å². The number of para-hydroxylation sites is 2. The van der Waals surface area contributed by atoms with Gasteiger partial charge in [0.1, 0.15) is 11.6 Å². The third-order valence-electron chi connectivity index (χ3n) is 8.15. The zero-order valence-electron chi connectivity index (χ0n) is 21.2. The first kappa shape index (κ1) is 23.6. The minimum absolute atomic E-state index is 0.0747. The number of rotatable bonds is 4. The van der Waals surface area contributed by atoms with Crippen molar-refractivity contribution in [3.05, 3.63) is 84.2 Å². The number of carbonyl (C=O) groups excluding carboxylic acids is 1. The van der Waals surface area contributed by atoms with Crippen molar-refractivity contribution in [2.75, 3.05) is 67.6 Å². The number of hydrogen-bond acceptors (Lipinski definition) is 5. The average molecular weight is 501 g/mol. The van der Waals surface area contributed by atoms with Crippen LogP contribution in [0, 0.1) is 11.7 Å². The Bertz CT molecular complexity index is 1260. The third-order valence-corrected chi connectivity index (χ3v) is 8.15. The van der Waals surface area contributed by atoms with Crippen LogP contribution in [-0.4, -0.2) is 69.8 Å². The van der Waals surface area contributed by atoms with Crippen LogP contribution in [0.1, 0.15) is 5.56 Å². The van der Waals surface area contributed by atoms with E-state index < -0.39 is 0 Å². The van der Waals surface area contributed by atoms with E-state index in [1.54, 1.807) is 13.2 Å². The van der Waals surface area contributed by atoms with Gasteiger partial charge in [0.25, 0.3) is 0 Å². The van der Waals surface area contributed by atoms with Crippen molar-refractivity contribution in [3.8, 4) is 5.75 Å². The Labute approximate surface area is 217 Å². The Morgan fingerprint density at radius 1 is 0.838 bits per heavy atom. The first-order chi connectivity index (χ1) is 18.1. The van der Waals surface area contributed by atoms with Gasteiger partial charge in [-0.15, -0.1) is 0 Å². The van der Waals surface area contributed by atoms with Crippen LogP contribution in [0.4, 0.5) is 21.5 Å². The SMILES string of the molecule is COc1ccc2c(c1)N1CCN(c3ccccc3)CC1C(C(=O)N1CCN(c3ccccc3F)CC1)C2. The number of ether oxygens (including phenoxy) is 1. The van der Waals surface area contributed by atoms with Crippen LogP contribution < -0.4 is 19.4 Å². The summed E-state index contributed by atoms with van der Waals surface area (Å²) in [7, 11) is 1.70. The fourth-order valence-corrected chi connectivity index (χ4v) is 6.17. The van der Waals surface area contributed by atoms with Crippen molar-refractivity contribution in [1.29, 1.82) is 0 Å². The standard InChI is InChI=1S/C30H33FN4O2/c1-37-24-12-11-22-19-25(30(36)33-15-13-32(14-16-33)27-10-6-5-9-26(27)31)29-21-34(23-7-3-2-4-8-23)17-18-35(29)28(22)20-24/h2-12,20,25,29H,13-19,21H2,1H3. The second-order valence-electron chi connectivity index (χ2n) is 10.1. The van der Waals surface area contributed by atoms with Gasteiger partial charge in [-0.25, -0.2) is 4.39 Å². The molecule has 3 aliphatic heterocycles. The van der Waals surface area contributed by atoms with E-state index in [1.165, 1.54) is 23.0 Å². The number of benzene rings is 3. The molecular formula is C30H33FN4O2. The van der Waals surface area contributed by atoms with E-state index >= 15 is 0 Å². The van der Waals surface area contributed by atoms with Crippen LogP contribution in [0.5, 0.6) is 5.75 Å². The first-order valence-corrected chi connectivity index (χ1v) is 13.1. The molecule has 0 spiro atoms. The van der Waals surface area contributed by atoms with Gasteiger partial charge in [0.2, 0.25) is 5.91 Å². The van der Waals surface area contributed by atoms with E-state index in [4.69, 9.17) is 4.74 Å². The lowest BCUT2D eigenvalue weighted by molar-refractivity contribution is -0.136. The molecule has 3 aromatic carbocycles. The van der Waals surface area contributed by atoms with Crippen molar-refractivity contribution in [1.82, 2.24) is 4.90 Å². The van der Waals surface area contributed by atoms with Crippen molar-refractivity contribution in [3.63, 3.8) is 0 Å². The fraction of sp³-hybridized carbons (Fsp3) is 0.367. The number of amides is 1. The van der Waals surface area contributed by atoms with Crippen LogP contribution >= 0.6 is 0 Å². The first-order valence-electron chi connectivity index (χ1n) is 13.1. The highest BCUT2D eigenvalue weighted by Crippen LogP contribution is 2.39. The zero-order valence-corrected chi connectivity index (χ0v) is 21.2. The van der Waals surface area contributed by atoms with Crippen LogP contribution in [-0.2, 0) is 11.2 Å². The van der Waals surface area contributed by atoms with Gasteiger partial charge in [0.15, 0.2) is 0 Å². The number of carbonyl (C=O) groups is 1. The molecule has 3 aliphatic rings. The summed E-state index contributed by atoms with van der Waals surface area (Å²) in [6.07, 6.45) is 0.718. The molecule has 2 fully saturated rings. The molecule has 7 heteroatoms. The molecule has 3 aromatic rings. The minimum atomic E-state index is -0.208. The predicted octanol–water partition coefficient (Wildman–Crippen LogP) is 4.05. The van der Waals surface area contributed by atoms with E-state index in [9.17, 15) is 9.18 Å². The van der Waals surface area contributed by atoms with Gasteiger partial charge in [0.05, 0.1) is 24.8 Å². The summed E-state index contributed by atoms with van der Waals surface area (Å²) >= 11 is 0. The molecule has 0 bridgehead atoms. The van der Waals surface area contributed by atoms with E-state index in [0.717, 1.165) is 31.8 Å². The van der Waals surface area contributed by atoms with Gasteiger partial charge in [0, 0.05) is 63.3 Å². The number of hydrogen-bond donors (Lipinski definition) is 0. The van der Waals surface area contributed by atoms with Gasteiger partial charge in [-0.1, -0.05) is 36.4 Å². The van der Waals surface area contributed by atoms with Gasteiger partial charge in [-0.3, -0.25) is 4.79 Å². The molecule has 0 aromatic heterocycles. The molecule has 2 atom stereocenters. The van der Waals surface area contributed by atoms with E-state index in [0.29, 0.717) is 31.9 Å². The average Bonchev–Trinajstić information content (AvgIpc) is 2.96.